The molecule has 0 radical (unpaired) electrons. The third-order valence-electron chi connectivity index (χ3n) is 5.96. The summed E-state index contributed by atoms with van der Waals surface area (Å²) in [5.74, 6) is -2.41. The maximum absolute atomic E-state index is 12.8. The number of aromatic nitrogens is 3. The van der Waals surface area contributed by atoms with E-state index < -0.39 is 17.9 Å². The molecule has 13 heteroatoms. The number of hydrogen-bond donors (Lipinski definition) is 5. The van der Waals surface area contributed by atoms with Crippen molar-refractivity contribution in [1.82, 2.24) is 25.0 Å². The third-order valence-corrected chi connectivity index (χ3v) is 5.96. The monoisotopic (exact) mass is 530 g/mol. The number of allylic oxidation sites excluding steroid dienone is 1. The van der Waals surface area contributed by atoms with E-state index in [1.54, 1.807) is 61.8 Å². The Kier molecular flexibility index (Phi) is 7.70. The summed E-state index contributed by atoms with van der Waals surface area (Å²) in [4.78, 5) is 53.5. The molecule has 13 nitrogen and oxygen atoms in total. The smallest absolute Gasteiger partial charge is 0.349 e. The zero-order valence-electron chi connectivity index (χ0n) is 20.9. The van der Waals surface area contributed by atoms with Gasteiger partial charge in [-0.25, -0.2) is 4.79 Å². The van der Waals surface area contributed by atoms with Crippen LogP contribution in [-0.4, -0.2) is 62.2 Å². The van der Waals surface area contributed by atoms with Gasteiger partial charge in [-0.15, -0.1) is 9.78 Å². The highest BCUT2D eigenvalue weighted by atomic mass is 16.4. The van der Waals surface area contributed by atoms with Gasteiger partial charge in [-0.3, -0.25) is 14.4 Å². The molecular weight excluding hydrogens is 504 g/mol. The summed E-state index contributed by atoms with van der Waals surface area (Å²) in [5, 5.41) is 21.7. The average molecular weight is 531 g/mol. The standard InChI is InChI=1S/C26H26N8O5/c1-3-21(35)33-13-17(12-18(14-33)23(37)38)15-4-8-20(9-5-15)30-26(39)34-24(27)31-25(32-34)29-19-10-6-16(7-11-19)22(36)28-2/h3-11,13,18H,1,12,14H2,2H3,(H,28,36)(H,30,39)(H,37,38)(H3,27,29,31,32). The fourth-order valence-electron chi connectivity index (χ4n) is 3.94. The second kappa shape index (κ2) is 11.3. The van der Waals surface area contributed by atoms with Crippen LogP contribution in [0, 0.1) is 5.92 Å². The molecule has 1 aliphatic rings. The molecule has 3 aromatic rings. The normalized spacial score (nSPS) is 14.6. The van der Waals surface area contributed by atoms with Crippen LogP contribution >= 0.6 is 0 Å². The van der Waals surface area contributed by atoms with Crippen molar-refractivity contribution >= 4 is 52.7 Å². The first-order chi connectivity index (χ1) is 18.7. The summed E-state index contributed by atoms with van der Waals surface area (Å²) in [6.07, 6.45) is 3.01. The Morgan fingerprint density at radius 1 is 1.08 bits per heavy atom. The second-order valence-electron chi connectivity index (χ2n) is 8.58. The third kappa shape index (κ3) is 6.10. The molecule has 4 rings (SSSR count). The number of anilines is 4. The lowest BCUT2D eigenvalue weighted by atomic mass is 9.91. The predicted molar refractivity (Wildman–Crippen MR) is 144 cm³/mol. The predicted octanol–water partition coefficient (Wildman–Crippen LogP) is 2.50. The molecule has 0 aliphatic carbocycles. The molecule has 0 bridgehead atoms. The summed E-state index contributed by atoms with van der Waals surface area (Å²) in [6, 6.07) is 12.6. The fraction of sp³-hybridized carbons (Fsp3) is 0.154. The molecule has 1 atom stereocenters. The lowest BCUT2D eigenvalue weighted by Gasteiger charge is -2.28. The summed E-state index contributed by atoms with van der Waals surface area (Å²) in [6.45, 7) is 3.53. The molecule has 200 valence electrons. The van der Waals surface area contributed by atoms with Crippen molar-refractivity contribution in [2.45, 2.75) is 6.42 Å². The van der Waals surface area contributed by atoms with E-state index in [9.17, 15) is 24.3 Å². The van der Waals surface area contributed by atoms with Crippen LogP contribution in [0.4, 0.5) is 28.1 Å². The van der Waals surface area contributed by atoms with Crippen LogP contribution in [0.25, 0.3) is 5.57 Å². The zero-order chi connectivity index (χ0) is 28.1. The molecule has 1 aliphatic heterocycles. The molecule has 39 heavy (non-hydrogen) atoms. The lowest BCUT2D eigenvalue weighted by Crippen LogP contribution is -2.36. The van der Waals surface area contributed by atoms with E-state index in [-0.39, 0.29) is 36.7 Å². The van der Waals surface area contributed by atoms with Gasteiger partial charge in [0, 0.05) is 36.7 Å². The Bertz CT molecular complexity index is 1460. The van der Waals surface area contributed by atoms with Crippen LogP contribution in [-0.2, 0) is 9.59 Å². The molecule has 0 spiro atoms. The Balaban J connectivity index is 1.44. The van der Waals surface area contributed by atoms with Crippen molar-refractivity contribution in [3.63, 3.8) is 0 Å². The van der Waals surface area contributed by atoms with E-state index in [1.165, 1.54) is 4.90 Å². The van der Waals surface area contributed by atoms with Gasteiger partial charge in [0.05, 0.1) is 5.92 Å². The molecule has 2 heterocycles. The van der Waals surface area contributed by atoms with E-state index in [1.807, 2.05) is 0 Å². The highest BCUT2D eigenvalue weighted by Crippen LogP contribution is 2.30. The van der Waals surface area contributed by atoms with Gasteiger partial charge in [-0.1, -0.05) is 18.7 Å². The summed E-state index contributed by atoms with van der Waals surface area (Å²) < 4.78 is 0.898. The van der Waals surface area contributed by atoms with Crippen molar-refractivity contribution in [3.05, 3.63) is 78.5 Å². The van der Waals surface area contributed by atoms with Crippen LogP contribution in [0.15, 0.2) is 67.4 Å². The van der Waals surface area contributed by atoms with Crippen LogP contribution in [0.1, 0.15) is 22.3 Å². The summed E-state index contributed by atoms with van der Waals surface area (Å²) in [5.41, 5.74) is 8.76. The highest BCUT2D eigenvalue weighted by Gasteiger charge is 2.28. The van der Waals surface area contributed by atoms with Gasteiger partial charge in [-0.05, 0) is 60.0 Å². The number of nitrogens with zero attached hydrogens (tertiary/aromatic N) is 4. The minimum absolute atomic E-state index is 0.0648. The molecule has 1 aromatic heterocycles. The number of carboxylic acid groups (broad SMARTS) is 1. The zero-order valence-corrected chi connectivity index (χ0v) is 20.9. The molecular formula is C26H26N8O5. The molecule has 0 fully saturated rings. The Labute approximate surface area is 223 Å². The van der Waals surface area contributed by atoms with Gasteiger partial charge in [0.2, 0.25) is 17.8 Å². The first-order valence-corrected chi connectivity index (χ1v) is 11.8. The van der Waals surface area contributed by atoms with Crippen molar-refractivity contribution in [2.24, 2.45) is 5.92 Å². The number of nitrogens with one attached hydrogen (secondary N) is 3. The van der Waals surface area contributed by atoms with Crippen molar-refractivity contribution < 1.29 is 24.3 Å². The Hall–Kier alpha value is -5.46. The number of hydrogen-bond acceptors (Lipinski definition) is 8. The number of benzene rings is 2. The molecule has 1 unspecified atom stereocenters. The fourth-order valence-corrected chi connectivity index (χ4v) is 3.94. The maximum Gasteiger partial charge on any atom is 0.349 e. The van der Waals surface area contributed by atoms with E-state index in [4.69, 9.17) is 5.73 Å². The van der Waals surface area contributed by atoms with Crippen LogP contribution in [0.3, 0.4) is 0 Å². The largest absolute Gasteiger partial charge is 0.481 e. The van der Waals surface area contributed by atoms with Gasteiger partial charge in [0.25, 0.3) is 5.91 Å². The van der Waals surface area contributed by atoms with Crippen molar-refractivity contribution in [1.29, 1.82) is 0 Å². The number of carboxylic acids is 1. The number of nitrogen functional groups attached to an aromatic ring is 1. The van der Waals surface area contributed by atoms with Gasteiger partial charge in [0.15, 0.2) is 0 Å². The first kappa shape index (κ1) is 26.6. The van der Waals surface area contributed by atoms with Crippen molar-refractivity contribution in [3.8, 4) is 0 Å². The number of carbonyl (C=O) groups is 4. The van der Waals surface area contributed by atoms with Crippen LogP contribution in [0.5, 0.6) is 0 Å². The van der Waals surface area contributed by atoms with E-state index >= 15 is 0 Å². The first-order valence-electron chi connectivity index (χ1n) is 11.8. The Morgan fingerprint density at radius 3 is 2.36 bits per heavy atom. The van der Waals surface area contributed by atoms with E-state index in [0.29, 0.717) is 28.1 Å². The van der Waals surface area contributed by atoms with E-state index in [0.717, 1.165) is 10.8 Å². The second-order valence-corrected chi connectivity index (χ2v) is 8.58. The number of nitrogens with two attached hydrogens (primary N) is 1. The summed E-state index contributed by atoms with van der Waals surface area (Å²) in [7, 11) is 1.54. The molecule has 3 amide bonds. The minimum Gasteiger partial charge on any atom is -0.481 e. The van der Waals surface area contributed by atoms with Gasteiger partial charge in [0.1, 0.15) is 0 Å². The number of rotatable bonds is 7. The van der Waals surface area contributed by atoms with Gasteiger partial charge in [-0.2, -0.15) is 4.98 Å². The maximum atomic E-state index is 12.8. The average Bonchev–Trinajstić information content (AvgIpc) is 3.32. The van der Waals surface area contributed by atoms with Crippen LogP contribution < -0.4 is 21.7 Å². The number of carbonyl (C=O) groups excluding carboxylic acids is 3. The highest BCUT2D eigenvalue weighted by molar-refractivity contribution is 5.94. The Morgan fingerprint density at radius 2 is 1.74 bits per heavy atom. The molecule has 6 N–H and O–H groups in total. The van der Waals surface area contributed by atoms with E-state index in [2.05, 4.69) is 32.6 Å². The quantitative estimate of drug-likeness (QED) is 0.286. The number of aliphatic carboxylic acids is 1. The lowest BCUT2D eigenvalue weighted by molar-refractivity contribution is -0.142. The van der Waals surface area contributed by atoms with Gasteiger partial charge >= 0.3 is 12.0 Å². The number of amides is 3. The molecule has 0 saturated carbocycles. The minimum atomic E-state index is -0.994. The summed E-state index contributed by atoms with van der Waals surface area (Å²) >= 11 is 0. The topological polar surface area (TPSA) is 185 Å². The molecule has 2 aromatic carbocycles. The van der Waals surface area contributed by atoms with Crippen LogP contribution in [0.2, 0.25) is 0 Å². The van der Waals surface area contributed by atoms with Crippen molar-refractivity contribution in [2.75, 3.05) is 30.0 Å². The van der Waals surface area contributed by atoms with Gasteiger partial charge < -0.3 is 31.7 Å². The SMILES string of the molecule is C=CC(=O)N1C=C(c2ccc(NC(=O)n3nc(Nc4ccc(C(=O)NC)cc4)nc3N)cc2)CC(C(=O)O)C1. The molecule has 0 saturated heterocycles.